The van der Waals surface area contributed by atoms with E-state index >= 15 is 0 Å². The molecule has 1 N–H and O–H groups in total. The summed E-state index contributed by atoms with van der Waals surface area (Å²) in [6, 6.07) is 21.0. The molecule has 0 bridgehead atoms. The molecule has 176 valence electrons. The van der Waals surface area contributed by atoms with Gasteiger partial charge in [-0.05, 0) is 61.2 Å². The van der Waals surface area contributed by atoms with Crippen molar-refractivity contribution in [1.29, 1.82) is 0 Å². The number of ether oxygens (including phenoxy) is 1. The van der Waals surface area contributed by atoms with Gasteiger partial charge in [0.15, 0.2) is 0 Å². The molecule has 34 heavy (non-hydrogen) atoms. The van der Waals surface area contributed by atoms with Gasteiger partial charge in [-0.15, -0.1) is 0 Å². The fourth-order valence-corrected chi connectivity index (χ4v) is 4.05. The average Bonchev–Trinajstić information content (AvgIpc) is 3.36. The molecule has 1 fully saturated rings. The van der Waals surface area contributed by atoms with E-state index in [1.807, 2.05) is 55.5 Å². The van der Waals surface area contributed by atoms with Crippen LogP contribution < -0.4 is 10.2 Å². The van der Waals surface area contributed by atoms with Crippen LogP contribution in [0.4, 0.5) is 10.1 Å². The zero-order valence-corrected chi connectivity index (χ0v) is 19.3. The predicted molar refractivity (Wildman–Crippen MR) is 130 cm³/mol. The van der Waals surface area contributed by atoms with E-state index in [1.165, 1.54) is 18.2 Å². The minimum atomic E-state index is -0.460. The zero-order valence-electron chi connectivity index (χ0n) is 19.3. The molecule has 2 amide bonds. The Labute approximate surface area is 199 Å². The zero-order chi connectivity index (χ0) is 23.9. The van der Waals surface area contributed by atoms with Crippen molar-refractivity contribution < 1.29 is 18.7 Å². The fraction of sp³-hybridized carbons (Fsp3) is 0.286. The highest BCUT2D eigenvalue weighted by molar-refractivity contribution is 6.06. The molecular formula is C28H29FN2O3. The van der Waals surface area contributed by atoms with Gasteiger partial charge in [-0.25, -0.2) is 4.39 Å². The fourth-order valence-electron chi connectivity index (χ4n) is 4.05. The molecule has 5 nitrogen and oxygen atoms in total. The lowest BCUT2D eigenvalue weighted by atomic mass is 10.1. The molecule has 1 aliphatic heterocycles. The second kappa shape index (κ2) is 11.1. The number of anilines is 1. The summed E-state index contributed by atoms with van der Waals surface area (Å²) >= 11 is 0. The Kier molecular flexibility index (Phi) is 7.70. The smallest absolute Gasteiger partial charge is 0.258 e. The molecule has 3 aromatic rings. The maximum absolute atomic E-state index is 13.8. The minimum Gasteiger partial charge on any atom is -0.376 e. The van der Waals surface area contributed by atoms with E-state index < -0.39 is 5.82 Å². The van der Waals surface area contributed by atoms with Gasteiger partial charge < -0.3 is 15.0 Å². The van der Waals surface area contributed by atoms with E-state index in [0.29, 0.717) is 18.8 Å². The number of aryl methyl sites for hydroxylation is 1. The molecule has 0 saturated carbocycles. The highest BCUT2D eigenvalue weighted by atomic mass is 19.1. The molecule has 1 saturated heterocycles. The number of halogens is 1. The third-order valence-corrected chi connectivity index (χ3v) is 5.92. The molecule has 3 aromatic carbocycles. The summed E-state index contributed by atoms with van der Waals surface area (Å²) in [5, 5.41) is 2.94. The number of carbonyl (C=O) groups is 2. The lowest BCUT2D eigenvalue weighted by Gasteiger charge is -2.24. The van der Waals surface area contributed by atoms with Crippen LogP contribution in [0.25, 0.3) is 0 Å². The van der Waals surface area contributed by atoms with Gasteiger partial charge in [0.1, 0.15) is 5.82 Å². The Balaban J connectivity index is 1.54. The molecule has 1 aliphatic rings. The van der Waals surface area contributed by atoms with E-state index in [-0.39, 0.29) is 29.9 Å². The van der Waals surface area contributed by atoms with Crippen LogP contribution in [0, 0.1) is 12.7 Å². The van der Waals surface area contributed by atoms with Crippen LogP contribution in [0.1, 0.15) is 39.9 Å². The van der Waals surface area contributed by atoms with Gasteiger partial charge in [-0.3, -0.25) is 9.59 Å². The van der Waals surface area contributed by atoms with Crippen molar-refractivity contribution >= 4 is 17.5 Å². The van der Waals surface area contributed by atoms with Crippen LogP contribution in [-0.4, -0.2) is 31.1 Å². The SMILES string of the molecule is Cc1ccc(CN(C(=O)c2cccc(F)c2)c2cccc(CC(=O)NC[C@@H]3CCCO3)c2)cc1. The summed E-state index contributed by atoms with van der Waals surface area (Å²) in [6.07, 6.45) is 2.28. The summed E-state index contributed by atoms with van der Waals surface area (Å²) in [6.45, 7) is 3.59. The molecule has 0 spiro atoms. The quantitative estimate of drug-likeness (QED) is 0.524. The number of rotatable bonds is 8. The summed E-state index contributed by atoms with van der Waals surface area (Å²) in [5.74, 6) is -0.855. The number of amides is 2. The molecule has 0 radical (unpaired) electrons. The first kappa shape index (κ1) is 23.6. The Morgan fingerprint density at radius 1 is 1.03 bits per heavy atom. The summed E-state index contributed by atoms with van der Waals surface area (Å²) in [4.78, 5) is 27.5. The number of hydrogen-bond acceptors (Lipinski definition) is 3. The third-order valence-electron chi connectivity index (χ3n) is 5.92. The molecule has 0 aliphatic carbocycles. The predicted octanol–water partition coefficient (Wildman–Crippen LogP) is 4.82. The van der Waals surface area contributed by atoms with Crippen LogP contribution in [0.2, 0.25) is 0 Å². The second-order valence-corrected chi connectivity index (χ2v) is 8.67. The van der Waals surface area contributed by atoms with E-state index in [9.17, 15) is 14.0 Å². The average molecular weight is 461 g/mol. The number of nitrogens with one attached hydrogen (secondary N) is 1. The first-order chi connectivity index (χ1) is 16.5. The maximum atomic E-state index is 13.8. The Hall–Kier alpha value is -3.51. The van der Waals surface area contributed by atoms with Gasteiger partial charge >= 0.3 is 0 Å². The first-order valence-electron chi connectivity index (χ1n) is 11.6. The van der Waals surface area contributed by atoms with Gasteiger partial charge in [0.05, 0.1) is 19.1 Å². The number of hydrogen-bond donors (Lipinski definition) is 1. The third kappa shape index (κ3) is 6.29. The molecule has 6 heteroatoms. The Bertz CT molecular complexity index is 1140. The molecule has 4 rings (SSSR count). The maximum Gasteiger partial charge on any atom is 0.258 e. The topological polar surface area (TPSA) is 58.6 Å². The number of benzene rings is 3. The molecule has 0 unspecified atom stereocenters. The van der Waals surface area contributed by atoms with Crippen molar-refractivity contribution in [2.45, 2.75) is 38.8 Å². The van der Waals surface area contributed by atoms with Crippen LogP contribution >= 0.6 is 0 Å². The standard InChI is InChI=1S/C28H29FN2O3/c1-20-10-12-21(13-11-20)19-31(28(33)23-6-3-7-24(29)17-23)25-8-2-5-22(15-25)16-27(32)30-18-26-9-4-14-34-26/h2-3,5-8,10-13,15,17,26H,4,9,14,16,18-19H2,1H3,(H,30,32)/t26-/m0/s1. The Morgan fingerprint density at radius 3 is 2.56 bits per heavy atom. The Morgan fingerprint density at radius 2 is 1.82 bits per heavy atom. The highest BCUT2D eigenvalue weighted by Crippen LogP contribution is 2.23. The molecular weight excluding hydrogens is 431 g/mol. The largest absolute Gasteiger partial charge is 0.376 e. The summed E-state index contributed by atoms with van der Waals surface area (Å²) in [5.41, 5.74) is 3.80. The summed E-state index contributed by atoms with van der Waals surface area (Å²) in [7, 11) is 0. The normalized spacial score (nSPS) is 15.2. The first-order valence-corrected chi connectivity index (χ1v) is 11.6. The van der Waals surface area contributed by atoms with Gasteiger partial charge in [0.25, 0.3) is 5.91 Å². The molecule has 1 heterocycles. The van der Waals surface area contributed by atoms with E-state index in [1.54, 1.807) is 11.0 Å². The second-order valence-electron chi connectivity index (χ2n) is 8.67. The number of nitrogens with zero attached hydrogens (tertiary/aromatic N) is 1. The van der Waals surface area contributed by atoms with Crippen LogP contribution in [-0.2, 0) is 22.5 Å². The van der Waals surface area contributed by atoms with Crippen molar-refractivity contribution in [1.82, 2.24) is 5.32 Å². The van der Waals surface area contributed by atoms with Gasteiger partial charge in [-0.1, -0.05) is 48.0 Å². The van der Waals surface area contributed by atoms with Crippen molar-refractivity contribution in [3.63, 3.8) is 0 Å². The van der Waals surface area contributed by atoms with E-state index in [2.05, 4.69) is 5.32 Å². The lowest BCUT2D eigenvalue weighted by molar-refractivity contribution is -0.120. The van der Waals surface area contributed by atoms with Crippen molar-refractivity contribution in [3.8, 4) is 0 Å². The van der Waals surface area contributed by atoms with Crippen molar-refractivity contribution in [2.75, 3.05) is 18.1 Å². The van der Waals surface area contributed by atoms with Crippen LogP contribution in [0.3, 0.4) is 0 Å². The highest BCUT2D eigenvalue weighted by Gasteiger charge is 2.20. The monoisotopic (exact) mass is 460 g/mol. The van der Waals surface area contributed by atoms with Crippen molar-refractivity contribution in [2.24, 2.45) is 0 Å². The van der Waals surface area contributed by atoms with Gasteiger partial charge in [-0.2, -0.15) is 0 Å². The molecule has 0 aromatic heterocycles. The van der Waals surface area contributed by atoms with Crippen molar-refractivity contribution in [3.05, 3.63) is 101 Å². The summed E-state index contributed by atoms with van der Waals surface area (Å²) < 4.78 is 19.4. The molecule has 1 atom stereocenters. The van der Waals surface area contributed by atoms with E-state index in [4.69, 9.17) is 4.74 Å². The van der Waals surface area contributed by atoms with E-state index in [0.717, 1.165) is 36.1 Å². The lowest BCUT2D eigenvalue weighted by Crippen LogP contribution is -2.33. The van der Waals surface area contributed by atoms with Crippen LogP contribution in [0.5, 0.6) is 0 Å². The van der Waals surface area contributed by atoms with Crippen LogP contribution in [0.15, 0.2) is 72.8 Å². The van der Waals surface area contributed by atoms with Gasteiger partial charge in [0.2, 0.25) is 5.91 Å². The van der Waals surface area contributed by atoms with Gasteiger partial charge in [0, 0.05) is 24.4 Å². The number of carbonyl (C=O) groups excluding carboxylic acids is 2. The minimum absolute atomic E-state index is 0.0872.